The maximum absolute atomic E-state index is 12.1. The monoisotopic (exact) mass is 284 g/mol. The topological polar surface area (TPSA) is 52.6 Å². The molecule has 0 aromatic rings. The van der Waals surface area contributed by atoms with Crippen molar-refractivity contribution >= 4 is 14.7 Å². The molecular formula is C11H26O4P2. The zero-order valence-electron chi connectivity index (χ0n) is 11.6. The van der Waals surface area contributed by atoms with Crippen molar-refractivity contribution in [3.05, 3.63) is 0 Å². The van der Waals surface area contributed by atoms with Gasteiger partial charge in [-0.25, -0.2) is 0 Å². The molecule has 1 atom stereocenters. The molecule has 0 spiro atoms. The molecule has 0 aromatic heterocycles. The second-order valence-electron chi connectivity index (χ2n) is 4.11. The molecule has 0 N–H and O–H groups in total. The van der Waals surface area contributed by atoms with Gasteiger partial charge in [-0.2, -0.15) is 0 Å². The largest absolute Gasteiger partial charge is 0.326 e. The van der Waals surface area contributed by atoms with E-state index in [9.17, 15) is 9.13 Å². The van der Waals surface area contributed by atoms with Gasteiger partial charge >= 0.3 is 0 Å². The molecule has 0 amide bonds. The first-order valence-corrected chi connectivity index (χ1v) is 10.3. The Kier molecular flexibility index (Phi) is 7.91. The molecule has 0 aliphatic rings. The van der Waals surface area contributed by atoms with Crippen molar-refractivity contribution in [2.45, 2.75) is 40.7 Å². The van der Waals surface area contributed by atoms with Crippen molar-refractivity contribution < 1.29 is 18.2 Å². The highest BCUT2D eigenvalue weighted by atomic mass is 31.2. The Balaban J connectivity index is 4.24. The second-order valence-corrected chi connectivity index (χ2v) is 10.4. The minimum Gasteiger partial charge on any atom is -0.326 e. The second kappa shape index (κ2) is 7.74. The Labute approximate surface area is 105 Å². The van der Waals surface area contributed by atoms with E-state index in [0.717, 1.165) is 0 Å². The molecular weight excluding hydrogens is 258 g/mol. The molecule has 1 unspecified atom stereocenters. The van der Waals surface area contributed by atoms with E-state index in [-0.39, 0.29) is 12.7 Å². The quantitative estimate of drug-likeness (QED) is 0.599. The third-order valence-corrected chi connectivity index (χ3v) is 8.06. The van der Waals surface area contributed by atoms with Gasteiger partial charge in [0.25, 0.3) is 0 Å². The summed E-state index contributed by atoms with van der Waals surface area (Å²) in [5, 5.41) is 0. The molecule has 0 aliphatic heterocycles. The van der Waals surface area contributed by atoms with E-state index in [1.807, 2.05) is 34.6 Å². The Hall–Kier alpha value is 0.380. The zero-order chi connectivity index (χ0) is 13.5. The van der Waals surface area contributed by atoms with Gasteiger partial charge in [-0.3, -0.25) is 9.13 Å². The van der Waals surface area contributed by atoms with E-state index >= 15 is 0 Å². The van der Waals surface area contributed by atoms with Gasteiger partial charge in [-0.1, -0.05) is 27.7 Å². The molecule has 6 heteroatoms. The van der Waals surface area contributed by atoms with Crippen LogP contribution >= 0.6 is 14.7 Å². The first-order chi connectivity index (χ1) is 7.84. The van der Waals surface area contributed by atoms with E-state index in [0.29, 0.717) is 24.6 Å². The Morgan fingerprint density at radius 2 is 1.29 bits per heavy atom. The lowest BCUT2D eigenvalue weighted by atomic mass is 10.5. The van der Waals surface area contributed by atoms with Crippen LogP contribution in [-0.2, 0) is 18.2 Å². The molecule has 0 aromatic carbocycles. The third-order valence-electron chi connectivity index (χ3n) is 2.84. The van der Waals surface area contributed by atoms with Gasteiger partial charge in [-0.15, -0.1) is 0 Å². The molecule has 0 fully saturated rings. The lowest BCUT2D eigenvalue weighted by Gasteiger charge is -2.22. The zero-order valence-corrected chi connectivity index (χ0v) is 13.4. The van der Waals surface area contributed by atoms with Crippen molar-refractivity contribution in [3.8, 4) is 0 Å². The van der Waals surface area contributed by atoms with E-state index in [1.165, 1.54) is 0 Å². The summed E-state index contributed by atoms with van der Waals surface area (Å²) in [6.45, 7) is 9.51. The van der Waals surface area contributed by atoms with Crippen LogP contribution in [0.3, 0.4) is 0 Å². The lowest BCUT2D eigenvalue weighted by Crippen LogP contribution is -2.16. The van der Waals surface area contributed by atoms with Gasteiger partial charge in [0.05, 0.1) is 12.7 Å². The first-order valence-electron chi connectivity index (χ1n) is 6.33. The normalized spacial score (nSPS) is 14.9. The molecule has 0 radical (unpaired) electrons. The number of hydrogen-bond donors (Lipinski definition) is 0. The molecule has 0 saturated heterocycles. The van der Waals surface area contributed by atoms with Crippen molar-refractivity contribution in [1.82, 2.24) is 0 Å². The van der Waals surface area contributed by atoms with E-state index in [2.05, 4.69) is 0 Å². The van der Waals surface area contributed by atoms with Crippen LogP contribution in [0.25, 0.3) is 0 Å². The smallest absolute Gasteiger partial charge is 0.202 e. The fourth-order valence-corrected chi connectivity index (χ4v) is 4.13. The lowest BCUT2D eigenvalue weighted by molar-refractivity contribution is 0.147. The van der Waals surface area contributed by atoms with Crippen LogP contribution in [0.2, 0.25) is 0 Å². The highest BCUT2D eigenvalue weighted by molar-refractivity contribution is 7.59. The van der Waals surface area contributed by atoms with Crippen LogP contribution in [0.1, 0.15) is 34.6 Å². The maximum atomic E-state index is 12.1. The van der Waals surface area contributed by atoms with Crippen LogP contribution in [0, 0.1) is 0 Å². The van der Waals surface area contributed by atoms with Gasteiger partial charge < -0.3 is 9.05 Å². The van der Waals surface area contributed by atoms with Crippen molar-refractivity contribution in [2.24, 2.45) is 0 Å². The van der Waals surface area contributed by atoms with Crippen molar-refractivity contribution in [2.75, 3.05) is 31.3 Å². The molecule has 0 saturated carbocycles. The summed E-state index contributed by atoms with van der Waals surface area (Å²) in [5.41, 5.74) is 0. The van der Waals surface area contributed by atoms with E-state index < -0.39 is 14.7 Å². The van der Waals surface area contributed by atoms with Gasteiger partial charge in [0.1, 0.15) is 0 Å². The molecule has 0 bridgehead atoms. The highest BCUT2D eigenvalue weighted by Crippen LogP contribution is 2.49. The molecule has 0 rings (SSSR count). The predicted octanol–water partition coefficient (Wildman–Crippen LogP) is 4.04. The van der Waals surface area contributed by atoms with Crippen LogP contribution in [-0.4, -0.2) is 37.4 Å². The number of rotatable bonds is 9. The van der Waals surface area contributed by atoms with Crippen molar-refractivity contribution in [3.63, 3.8) is 0 Å². The predicted molar refractivity (Wildman–Crippen MR) is 73.9 cm³/mol. The van der Waals surface area contributed by atoms with E-state index in [4.69, 9.17) is 9.05 Å². The summed E-state index contributed by atoms with van der Waals surface area (Å²) in [5.74, 6) is 0. The van der Waals surface area contributed by atoms with Crippen LogP contribution in [0.4, 0.5) is 0 Å². The van der Waals surface area contributed by atoms with Crippen LogP contribution < -0.4 is 0 Å². The molecule has 0 heterocycles. The average molecular weight is 284 g/mol. The van der Waals surface area contributed by atoms with Crippen molar-refractivity contribution in [1.29, 1.82) is 0 Å². The Morgan fingerprint density at radius 3 is 1.65 bits per heavy atom. The SMILES string of the molecule is CCP(=O)(CC)OCC(C)OP(=O)(CC)CC. The molecule has 0 aliphatic carbocycles. The van der Waals surface area contributed by atoms with Crippen LogP contribution in [0.5, 0.6) is 0 Å². The standard InChI is InChI=1S/C11H26O4P2/c1-6-16(12,7-2)14-10-11(5)15-17(13,8-3)9-4/h11H,6-10H2,1-5H3. The third kappa shape index (κ3) is 6.20. The molecule has 4 nitrogen and oxygen atoms in total. The van der Waals surface area contributed by atoms with Gasteiger partial charge in [0, 0.05) is 24.6 Å². The number of hydrogen-bond acceptors (Lipinski definition) is 4. The van der Waals surface area contributed by atoms with E-state index in [1.54, 1.807) is 0 Å². The van der Waals surface area contributed by atoms with Gasteiger partial charge in [-0.05, 0) is 6.92 Å². The van der Waals surface area contributed by atoms with Crippen LogP contribution in [0.15, 0.2) is 0 Å². The minimum atomic E-state index is -2.51. The fourth-order valence-electron chi connectivity index (χ4n) is 1.38. The summed E-state index contributed by atoms with van der Waals surface area (Å²) in [4.78, 5) is 0. The summed E-state index contributed by atoms with van der Waals surface area (Å²) < 4.78 is 35.1. The Bertz CT molecular complexity index is 288. The first kappa shape index (κ1) is 17.4. The maximum Gasteiger partial charge on any atom is 0.202 e. The minimum absolute atomic E-state index is 0.253. The van der Waals surface area contributed by atoms with Gasteiger partial charge in [0.2, 0.25) is 14.7 Å². The highest BCUT2D eigenvalue weighted by Gasteiger charge is 2.24. The van der Waals surface area contributed by atoms with Gasteiger partial charge in [0.15, 0.2) is 0 Å². The Morgan fingerprint density at radius 1 is 0.882 bits per heavy atom. The summed E-state index contributed by atoms with van der Waals surface area (Å²) in [7, 11) is -4.99. The summed E-state index contributed by atoms with van der Waals surface area (Å²) in [6, 6.07) is 0. The fraction of sp³-hybridized carbons (Fsp3) is 1.00. The molecule has 104 valence electrons. The summed E-state index contributed by atoms with van der Waals surface area (Å²) in [6.07, 6.45) is 1.87. The molecule has 17 heavy (non-hydrogen) atoms. The average Bonchev–Trinajstić information content (AvgIpc) is 2.35. The summed E-state index contributed by atoms with van der Waals surface area (Å²) >= 11 is 0.